The van der Waals surface area contributed by atoms with E-state index in [0.29, 0.717) is 11.0 Å². The molecule has 2 N–H and O–H groups in total. The third-order valence-electron chi connectivity index (χ3n) is 2.51. The molecule has 2 aromatic rings. The van der Waals surface area contributed by atoms with Gasteiger partial charge in [0.25, 0.3) is 5.91 Å². The van der Waals surface area contributed by atoms with E-state index in [2.05, 4.69) is 15.6 Å². The first kappa shape index (κ1) is 14.3. The van der Waals surface area contributed by atoms with E-state index >= 15 is 0 Å². The molecule has 0 saturated heterocycles. The quantitative estimate of drug-likeness (QED) is 0.885. The number of thiazole rings is 1. The molecule has 0 aliphatic carbocycles. The molecule has 2 amide bonds. The Labute approximate surface area is 120 Å². The van der Waals surface area contributed by atoms with Gasteiger partial charge in [-0.1, -0.05) is 13.8 Å². The zero-order chi connectivity index (χ0) is 14.5. The van der Waals surface area contributed by atoms with E-state index in [9.17, 15) is 9.59 Å². The minimum atomic E-state index is -0.424. The van der Waals surface area contributed by atoms with Crippen molar-refractivity contribution in [3.8, 4) is 0 Å². The van der Waals surface area contributed by atoms with Gasteiger partial charge in [0.1, 0.15) is 0 Å². The molecule has 106 valence electrons. The lowest BCUT2D eigenvalue weighted by Crippen LogP contribution is -2.32. The van der Waals surface area contributed by atoms with Gasteiger partial charge in [0.15, 0.2) is 10.9 Å². The Balaban J connectivity index is 1.82. The molecule has 6 nitrogen and oxygen atoms in total. The van der Waals surface area contributed by atoms with Crippen LogP contribution in [0, 0.1) is 0 Å². The maximum Gasteiger partial charge on any atom is 0.287 e. The normalized spacial score (nSPS) is 10.6. The minimum absolute atomic E-state index is 0.129. The molecule has 0 saturated carbocycles. The van der Waals surface area contributed by atoms with Crippen LogP contribution < -0.4 is 10.6 Å². The zero-order valence-electron chi connectivity index (χ0n) is 11.2. The molecule has 7 heteroatoms. The number of carbonyl (C=O) groups is 2. The van der Waals surface area contributed by atoms with Gasteiger partial charge in [-0.2, -0.15) is 0 Å². The van der Waals surface area contributed by atoms with Crippen molar-refractivity contribution in [1.29, 1.82) is 0 Å². The molecule has 2 heterocycles. The fourth-order valence-corrected chi connectivity index (χ4v) is 2.32. The molecule has 0 spiro atoms. The number of aromatic nitrogens is 1. The Hall–Kier alpha value is -2.15. The molecule has 0 unspecified atom stereocenters. The van der Waals surface area contributed by atoms with Crippen LogP contribution in [0.1, 0.15) is 36.0 Å². The lowest BCUT2D eigenvalue weighted by molar-refractivity contribution is -0.115. The van der Waals surface area contributed by atoms with Gasteiger partial charge in [-0.3, -0.25) is 9.59 Å². The van der Waals surface area contributed by atoms with Crippen LogP contribution in [0.25, 0.3) is 0 Å². The van der Waals surface area contributed by atoms with Gasteiger partial charge >= 0.3 is 0 Å². The summed E-state index contributed by atoms with van der Waals surface area (Å²) in [4.78, 5) is 27.5. The number of anilines is 1. The topological polar surface area (TPSA) is 84.2 Å². The lowest BCUT2D eigenvalue weighted by atomic mass is 10.2. The molecular formula is C13H15N3O3S. The Morgan fingerprint density at radius 3 is 2.85 bits per heavy atom. The van der Waals surface area contributed by atoms with Crippen LogP contribution in [-0.2, 0) is 4.79 Å². The van der Waals surface area contributed by atoms with Crippen LogP contribution in [0.4, 0.5) is 5.13 Å². The van der Waals surface area contributed by atoms with Crippen molar-refractivity contribution in [2.45, 2.75) is 19.8 Å². The first-order chi connectivity index (χ1) is 9.56. The summed E-state index contributed by atoms with van der Waals surface area (Å²) in [5, 5.41) is 7.55. The van der Waals surface area contributed by atoms with E-state index in [1.807, 2.05) is 19.2 Å². The molecule has 0 radical (unpaired) electrons. The van der Waals surface area contributed by atoms with Gasteiger partial charge in [0, 0.05) is 5.38 Å². The predicted octanol–water partition coefficient (Wildman–Crippen LogP) is 2.23. The Kier molecular flexibility index (Phi) is 4.52. The van der Waals surface area contributed by atoms with Crippen molar-refractivity contribution >= 4 is 28.3 Å². The number of hydrogen-bond acceptors (Lipinski definition) is 5. The molecule has 2 rings (SSSR count). The number of carbonyl (C=O) groups excluding carboxylic acids is 2. The Morgan fingerprint density at radius 1 is 1.45 bits per heavy atom. The summed E-state index contributed by atoms with van der Waals surface area (Å²) in [6, 6.07) is 3.14. The summed E-state index contributed by atoms with van der Waals surface area (Å²) >= 11 is 1.36. The molecule has 0 atom stereocenters. The first-order valence-electron chi connectivity index (χ1n) is 6.13. The van der Waals surface area contributed by atoms with Crippen LogP contribution in [-0.4, -0.2) is 23.3 Å². The van der Waals surface area contributed by atoms with Crippen molar-refractivity contribution in [1.82, 2.24) is 10.3 Å². The summed E-state index contributed by atoms with van der Waals surface area (Å²) < 4.78 is 4.92. The van der Waals surface area contributed by atoms with E-state index in [-0.39, 0.29) is 18.2 Å². The van der Waals surface area contributed by atoms with Gasteiger partial charge in [-0.05, 0) is 18.1 Å². The monoisotopic (exact) mass is 293 g/mol. The molecule has 0 aromatic carbocycles. The van der Waals surface area contributed by atoms with Gasteiger partial charge in [0.05, 0.1) is 18.5 Å². The molecule has 0 bridgehead atoms. The molecule has 0 aliphatic heterocycles. The highest BCUT2D eigenvalue weighted by atomic mass is 32.1. The van der Waals surface area contributed by atoms with Crippen LogP contribution in [0.3, 0.4) is 0 Å². The SMILES string of the molecule is CC(C)c1csc(NC(=O)CNC(=O)c2ccco2)n1. The number of furan rings is 1. The molecule has 0 aliphatic rings. The van der Waals surface area contributed by atoms with Crippen LogP contribution in [0.5, 0.6) is 0 Å². The second-order valence-corrected chi connectivity index (χ2v) is 5.30. The van der Waals surface area contributed by atoms with Gasteiger partial charge < -0.3 is 15.1 Å². The highest BCUT2D eigenvalue weighted by molar-refractivity contribution is 7.13. The fourth-order valence-electron chi connectivity index (χ4n) is 1.43. The molecular weight excluding hydrogens is 278 g/mol. The van der Waals surface area contributed by atoms with Crippen LogP contribution in [0.2, 0.25) is 0 Å². The number of nitrogens with zero attached hydrogens (tertiary/aromatic N) is 1. The second kappa shape index (κ2) is 6.33. The fraction of sp³-hybridized carbons (Fsp3) is 0.308. The number of hydrogen-bond donors (Lipinski definition) is 2. The minimum Gasteiger partial charge on any atom is -0.459 e. The summed E-state index contributed by atoms with van der Waals surface area (Å²) in [6.07, 6.45) is 1.40. The molecule has 0 fully saturated rings. The summed E-state index contributed by atoms with van der Waals surface area (Å²) in [7, 11) is 0. The number of rotatable bonds is 5. The standard InChI is InChI=1S/C13H15N3O3S/c1-8(2)9-7-20-13(15-9)16-11(17)6-14-12(18)10-4-3-5-19-10/h3-5,7-8H,6H2,1-2H3,(H,14,18)(H,15,16,17). The van der Waals surface area contributed by atoms with E-state index < -0.39 is 5.91 Å². The Morgan fingerprint density at radius 2 is 2.25 bits per heavy atom. The maximum atomic E-state index is 11.7. The molecule has 20 heavy (non-hydrogen) atoms. The molecule has 2 aromatic heterocycles. The summed E-state index contributed by atoms with van der Waals surface area (Å²) in [5.74, 6) is -0.258. The second-order valence-electron chi connectivity index (χ2n) is 4.44. The summed E-state index contributed by atoms with van der Waals surface area (Å²) in [5.41, 5.74) is 0.935. The van der Waals surface area contributed by atoms with Crippen molar-refractivity contribution < 1.29 is 14.0 Å². The maximum absolute atomic E-state index is 11.7. The smallest absolute Gasteiger partial charge is 0.287 e. The van der Waals surface area contributed by atoms with Crippen molar-refractivity contribution in [3.05, 3.63) is 35.2 Å². The van der Waals surface area contributed by atoms with Crippen LogP contribution in [0.15, 0.2) is 28.2 Å². The van der Waals surface area contributed by atoms with E-state index in [0.717, 1.165) is 5.69 Å². The highest BCUT2D eigenvalue weighted by Crippen LogP contribution is 2.21. The first-order valence-corrected chi connectivity index (χ1v) is 7.01. The zero-order valence-corrected chi connectivity index (χ0v) is 12.0. The van der Waals surface area contributed by atoms with Gasteiger partial charge in [-0.15, -0.1) is 11.3 Å². The largest absolute Gasteiger partial charge is 0.459 e. The van der Waals surface area contributed by atoms with Crippen LogP contribution >= 0.6 is 11.3 Å². The summed E-state index contributed by atoms with van der Waals surface area (Å²) in [6.45, 7) is 3.94. The van der Waals surface area contributed by atoms with Crippen molar-refractivity contribution in [2.75, 3.05) is 11.9 Å². The average molecular weight is 293 g/mol. The highest BCUT2D eigenvalue weighted by Gasteiger charge is 2.12. The third-order valence-corrected chi connectivity index (χ3v) is 3.29. The van der Waals surface area contributed by atoms with Crippen molar-refractivity contribution in [3.63, 3.8) is 0 Å². The van der Waals surface area contributed by atoms with Crippen molar-refractivity contribution in [2.24, 2.45) is 0 Å². The lowest BCUT2D eigenvalue weighted by Gasteiger charge is -2.03. The van der Waals surface area contributed by atoms with Gasteiger partial charge in [0.2, 0.25) is 5.91 Å². The number of nitrogens with one attached hydrogen (secondary N) is 2. The van der Waals surface area contributed by atoms with E-state index in [4.69, 9.17) is 4.42 Å². The Bertz CT molecular complexity index is 590. The third kappa shape index (κ3) is 3.67. The number of amides is 2. The predicted molar refractivity (Wildman–Crippen MR) is 75.9 cm³/mol. The van der Waals surface area contributed by atoms with E-state index in [1.165, 1.54) is 23.7 Å². The van der Waals surface area contributed by atoms with Gasteiger partial charge in [-0.25, -0.2) is 4.98 Å². The van der Waals surface area contributed by atoms with E-state index in [1.54, 1.807) is 6.07 Å². The average Bonchev–Trinajstić information content (AvgIpc) is 3.06.